The number of hydrogen-bond donors (Lipinski definition) is 1. The third-order valence-corrected chi connectivity index (χ3v) is 1.25. The van der Waals surface area contributed by atoms with E-state index in [-0.39, 0.29) is 0 Å². The van der Waals surface area contributed by atoms with Crippen molar-refractivity contribution < 1.29 is 5.11 Å². The molecule has 0 fully saturated rings. The molecule has 58 valence electrons. The van der Waals surface area contributed by atoms with Crippen LogP contribution in [0.2, 0.25) is 0 Å². The average Bonchev–Trinajstić information content (AvgIpc) is 2.03. The molecule has 0 unspecified atom stereocenters. The predicted molar refractivity (Wildman–Crippen MR) is 45.0 cm³/mol. The van der Waals surface area contributed by atoms with Crippen LogP contribution in [0.1, 0.15) is 12.5 Å². The first-order chi connectivity index (χ1) is 5.29. The fraction of sp³-hybridized carbons (Fsp3) is 0.222. The Bertz CT molecular complexity index is 229. The first-order valence-corrected chi connectivity index (χ1v) is 3.55. The second kappa shape index (κ2) is 3.88. The van der Waals surface area contributed by atoms with E-state index < -0.39 is 6.10 Å². The number of aromatic nitrogens is 1. The van der Waals surface area contributed by atoms with Crippen molar-refractivity contribution in [2.24, 2.45) is 0 Å². The Labute approximate surface area is 66.2 Å². The van der Waals surface area contributed by atoms with Gasteiger partial charge in [0.15, 0.2) is 0 Å². The van der Waals surface area contributed by atoms with Gasteiger partial charge in [0, 0.05) is 12.4 Å². The lowest BCUT2D eigenvalue weighted by molar-refractivity contribution is 0.245. The molecule has 0 spiro atoms. The molecule has 2 heteroatoms. The second-order valence-corrected chi connectivity index (χ2v) is 2.39. The molecule has 1 heterocycles. The number of pyridine rings is 1. The molecule has 1 rings (SSSR count). The lowest BCUT2D eigenvalue weighted by Gasteiger charge is -1.93. The van der Waals surface area contributed by atoms with Gasteiger partial charge in [-0.05, 0) is 18.6 Å². The van der Waals surface area contributed by atoms with Gasteiger partial charge >= 0.3 is 0 Å². The molecule has 0 aliphatic heterocycles. The zero-order chi connectivity index (χ0) is 8.10. The van der Waals surface area contributed by atoms with Crippen LogP contribution in [0.5, 0.6) is 0 Å². The van der Waals surface area contributed by atoms with E-state index in [0.717, 1.165) is 5.56 Å². The molecule has 2 nitrogen and oxygen atoms in total. The minimum Gasteiger partial charge on any atom is -0.389 e. The van der Waals surface area contributed by atoms with Crippen molar-refractivity contribution in [3.05, 3.63) is 36.2 Å². The molecule has 0 saturated heterocycles. The summed E-state index contributed by atoms with van der Waals surface area (Å²) in [5, 5.41) is 8.91. The van der Waals surface area contributed by atoms with Gasteiger partial charge in [0.25, 0.3) is 0 Å². The highest BCUT2D eigenvalue weighted by Gasteiger charge is 1.86. The maximum atomic E-state index is 8.91. The van der Waals surface area contributed by atoms with Crippen LogP contribution in [0.15, 0.2) is 30.6 Å². The number of aliphatic hydroxyl groups excluding tert-OH is 1. The van der Waals surface area contributed by atoms with Crippen LogP contribution in [0, 0.1) is 0 Å². The van der Waals surface area contributed by atoms with Crippen molar-refractivity contribution >= 4 is 6.08 Å². The van der Waals surface area contributed by atoms with Gasteiger partial charge in [0.05, 0.1) is 6.10 Å². The summed E-state index contributed by atoms with van der Waals surface area (Å²) < 4.78 is 0. The Morgan fingerprint density at radius 3 is 3.00 bits per heavy atom. The molecule has 11 heavy (non-hydrogen) atoms. The number of rotatable bonds is 2. The summed E-state index contributed by atoms with van der Waals surface area (Å²) in [6.45, 7) is 1.72. The van der Waals surface area contributed by atoms with E-state index in [4.69, 9.17) is 5.11 Å². The van der Waals surface area contributed by atoms with Crippen LogP contribution in [0.4, 0.5) is 0 Å². The minimum atomic E-state index is -0.393. The van der Waals surface area contributed by atoms with E-state index in [0.29, 0.717) is 0 Å². The van der Waals surface area contributed by atoms with Crippen molar-refractivity contribution in [1.29, 1.82) is 0 Å². The Morgan fingerprint density at radius 2 is 2.45 bits per heavy atom. The lowest BCUT2D eigenvalue weighted by Crippen LogP contribution is -1.91. The molecule has 0 aliphatic carbocycles. The van der Waals surface area contributed by atoms with Crippen LogP contribution in [-0.2, 0) is 0 Å². The maximum absolute atomic E-state index is 8.91. The lowest BCUT2D eigenvalue weighted by atomic mass is 10.2. The average molecular weight is 149 g/mol. The Hall–Kier alpha value is -1.15. The van der Waals surface area contributed by atoms with Crippen LogP contribution in [0.25, 0.3) is 6.08 Å². The van der Waals surface area contributed by atoms with Crippen LogP contribution in [-0.4, -0.2) is 16.2 Å². The van der Waals surface area contributed by atoms with Crippen molar-refractivity contribution in [3.63, 3.8) is 0 Å². The first-order valence-electron chi connectivity index (χ1n) is 3.55. The fourth-order valence-corrected chi connectivity index (χ4v) is 0.725. The van der Waals surface area contributed by atoms with Gasteiger partial charge in [0.1, 0.15) is 0 Å². The van der Waals surface area contributed by atoms with Crippen molar-refractivity contribution in [2.75, 3.05) is 0 Å². The van der Waals surface area contributed by atoms with E-state index in [9.17, 15) is 0 Å². The van der Waals surface area contributed by atoms with Crippen LogP contribution in [0.3, 0.4) is 0 Å². The van der Waals surface area contributed by atoms with Crippen LogP contribution < -0.4 is 0 Å². The smallest absolute Gasteiger partial charge is 0.0696 e. The maximum Gasteiger partial charge on any atom is 0.0696 e. The zero-order valence-electron chi connectivity index (χ0n) is 6.44. The topological polar surface area (TPSA) is 33.1 Å². The SMILES string of the molecule is C[C@H](O)/C=C\c1cccnc1. The molecule has 0 aliphatic rings. The Kier molecular flexibility index (Phi) is 2.81. The van der Waals surface area contributed by atoms with Gasteiger partial charge in [-0.1, -0.05) is 18.2 Å². The molecule has 1 N–H and O–H groups in total. The summed E-state index contributed by atoms with van der Waals surface area (Å²) in [6.07, 6.45) is 6.64. The Balaban J connectivity index is 2.65. The Morgan fingerprint density at radius 1 is 1.64 bits per heavy atom. The quantitative estimate of drug-likeness (QED) is 0.690. The highest BCUT2D eigenvalue weighted by molar-refractivity contribution is 5.47. The normalized spacial score (nSPS) is 13.6. The highest BCUT2D eigenvalue weighted by atomic mass is 16.3. The van der Waals surface area contributed by atoms with Gasteiger partial charge < -0.3 is 5.11 Å². The molecule has 0 saturated carbocycles. The number of aliphatic hydroxyl groups is 1. The van der Waals surface area contributed by atoms with E-state index >= 15 is 0 Å². The molecule has 1 atom stereocenters. The molecule has 0 bridgehead atoms. The van der Waals surface area contributed by atoms with Gasteiger partial charge in [-0.3, -0.25) is 4.98 Å². The third kappa shape index (κ3) is 2.96. The molecular formula is C9H11NO. The van der Waals surface area contributed by atoms with E-state index in [1.807, 2.05) is 18.2 Å². The van der Waals surface area contributed by atoms with E-state index in [1.165, 1.54) is 0 Å². The predicted octanol–water partition coefficient (Wildman–Crippen LogP) is 1.48. The van der Waals surface area contributed by atoms with Gasteiger partial charge in [-0.2, -0.15) is 0 Å². The summed E-state index contributed by atoms with van der Waals surface area (Å²) in [5.74, 6) is 0. The highest BCUT2D eigenvalue weighted by Crippen LogP contribution is 1.99. The molecule has 0 aromatic carbocycles. The van der Waals surface area contributed by atoms with Gasteiger partial charge in [-0.25, -0.2) is 0 Å². The van der Waals surface area contributed by atoms with Crippen molar-refractivity contribution in [1.82, 2.24) is 4.98 Å². The molecular weight excluding hydrogens is 138 g/mol. The molecule has 1 aromatic heterocycles. The summed E-state index contributed by atoms with van der Waals surface area (Å²) in [4.78, 5) is 3.93. The number of hydrogen-bond acceptors (Lipinski definition) is 2. The van der Waals surface area contributed by atoms with Gasteiger partial charge in [-0.15, -0.1) is 0 Å². The summed E-state index contributed by atoms with van der Waals surface area (Å²) in [6, 6.07) is 3.80. The summed E-state index contributed by atoms with van der Waals surface area (Å²) in [7, 11) is 0. The molecule has 0 amide bonds. The zero-order valence-corrected chi connectivity index (χ0v) is 6.44. The van der Waals surface area contributed by atoms with Crippen molar-refractivity contribution in [2.45, 2.75) is 13.0 Å². The standard InChI is InChI=1S/C9H11NO/c1-8(11)4-5-9-3-2-6-10-7-9/h2-8,11H,1H3/b5-4-/t8-/m0/s1. The van der Waals surface area contributed by atoms with E-state index in [2.05, 4.69) is 4.98 Å². The van der Waals surface area contributed by atoms with Crippen LogP contribution >= 0.6 is 0 Å². The number of nitrogens with zero attached hydrogens (tertiary/aromatic N) is 1. The molecule has 0 radical (unpaired) electrons. The fourth-order valence-electron chi connectivity index (χ4n) is 0.725. The second-order valence-electron chi connectivity index (χ2n) is 2.39. The summed E-state index contributed by atoms with van der Waals surface area (Å²) in [5.41, 5.74) is 1.01. The largest absolute Gasteiger partial charge is 0.389 e. The molecule has 1 aromatic rings. The third-order valence-electron chi connectivity index (χ3n) is 1.25. The first kappa shape index (κ1) is 7.95. The van der Waals surface area contributed by atoms with Crippen molar-refractivity contribution in [3.8, 4) is 0 Å². The van der Waals surface area contributed by atoms with Gasteiger partial charge in [0.2, 0.25) is 0 Å². The minimum absolute atomic E-state index is 0.393. The van der Waals surface area contributed by atoms with E-state index in [1.54, 1.807) is 25.4 Å². The monoisotopic (exact) mass is 149 g/mol. The summed E-state index contributed by atoms with van der Waals surface area (Å²) >= 11 is 0.